The molecule has 0 bridgehead atoms. The Morgan fingerprint density at radius 2 is 2.16 bits per heavy atom. The quantitative estimate of drug-likeness (QED) is 0.907. The Labute approximate surface area is 121 Å². The normalized spacial score (nSPS) is 23.4. The standard InChI is InChI=1S/C16H25ClN2/c1-12-4-3-5-15(10-12)19(2)16-11-14(17)7-6-13(16)8-9-18/h6-7,11-12,15H,3-5,8-10,18H2,1-2H3. The topological polar surface area (TPSA) is 29.3 Å². The second kappa shape index (κ2) is 6.62. The van der Waals surface area contributed by atoms with Crippen LogP contribution in [0.2, 0.25) is 5.02 Å². The molecule has 2 unspecified atom stereocenters. The van der Waals surface area contributed by atoms with E-state index in [1.165, 1.54) is 36.9 Å². The van der Waals surface area contributed by atoms with E-state index in [0.29, 0.717) is 12.6 Å². The Hall–Kier alpha value is -0.730. The van der Waals surface area contributed by atoms with Gasteiger partial charge in [0.2, 0.25) is 0 Å². The van der Waals surface area contributed by atoms with Crippen molar-refractivity contribution in [2.75, 3.05) is 18.5 Å². The fourth-order valence-corrected chi connectivity index (χ4v) is 3.35. The van der Waals surface area contributed by atoms with E-state index < -0.39 is 0 Å². The fourth-order valence-electron chi connectivity index (χ4n) is 3.18. The molecule has 2 atom stereocenters. The van der Waals surface area contributed by atoms with Gasteiger partial charge >= 0.3 is 0 Å². The molecule has 0 aliphatic heterocycles. The molecule has 3 heteroatoms. The predicted octanol–water partition coefficient (Wildman–Crippen LogP) is 3.86. The first-order valence-corrected chi connectivity index (χ1v) is 7.71. The van der Waals surface area contributed by atoms with Gasteiger partial charge in [-0.05, 0) is 49.4 Å². The van der Waals surface area contributed by atoms with E-state index in [0.717, 1.165) is 17.4 Å². The molecule has 2 N–H and O–H groups in total. The lowest BCUT2D eigenvalue weighted by molar-refractivity contribution is 0.336. The Kier molecular flexibility index (Phi) is 5.12. The number of hydrogen-bond acceptors (Lipinski definition) is 2. The summed E-state index contributed by atoms with van der Waals surface area (Å²) in [6.45, 7) is 3.04. The van der Waals surface area contributed by atoms with Crippen molar-refractivity contribution in [2.45, 2.75) is 45.1 Å². The summed E-state index contributed by atoms with van der Waals surface area (Å²) in [7, 11) is 2.20. The van der Waals surface area contributed by atoms with E-state index >= 15 is 0 Å². The number of nitrogens with zero attached hydrogens (tertiary/aromatic N) is 1. The van der Waals surface area contributed by atoms with Gasteiger partial charge in [-0.15, -0.1) is 0 Å². The summed E-state index contributed by atoms with van der Waals surface area (Å²) >= 11 is 6.17. The lowest BCUT2D eigenvalue weighted by Crippen LogP contribution is -2.36. The molecule has 106 valence electrons. The Morgan fingerprint density at radius 1 is 1.37 bits per heavy atom. The molecule has 2 rings (SSSR count). The Balaban J connectivity index is 2.21. The maximum absolute atomic E-state index is 6.17. The fraction of sp³-hybridized carbons (Fsp3) is 0.625. The molecule has 0 saturated heterocycles. The number of halogens is 1. The first kappa shape index (κ1) is 14.7. The second-order valence-corrected chi connectivity index (χ2v) is 6.28. The highest BCUT2D eigenvalue weighted by Crippen LogP contribution is 2.32. The van der Waals surface area contributed by atoms with Crippen molar-refractivity contribution in [1.82, 2.24) is 0 Å². The summed E-state index contributed by atoms with van der Waals surface area (Å²) in [4.78, 5) is 2.42. The molecule has 0 amide bonds. The minimum absolute atomic E-state index is 0.638. The molecular weight excluding hydrogens is 256 g/mol. The van der Waals surface area contributed by atoms with Crippen LogP contribution in [0.3, 0.4) is 0 Å². The van der Waals surface area contributed by atoms with Crippen LogP contribution in [0.5, 0.6) is 0 Å². The maximum atomic E-state index is 6.17. The first-order valence-electron chi connectivity index (χ1n) is 7.33. The SMILES string of the molecule is CC1CCCC(N(C)c2cc(Cl)ccc2CCN)C1. The third kappa shape index (κ3) is 3.64. The molecule has 0 spiro atoms. The summed E-state index contributed by atoms with van der Waals surface area (Å²) < 4.78 is 0. The second-order valence-electron chi connectivity index (χ2n) is 5.85. The van der Waals surface area contributed by atoms with Gasteiger partial charge in [0.15, 0.2) is 0 Å². The highest BCUT2D eigenvalue weighted by atomic mass is 35.5. The van der Waals surface area contributed by atoms with Gasteiger partial charge in [0.25, 0.3) is 0 Å². The molecule has 0 heterocycles. The molecule has 0 aromatic heterocycles. The van der Waals surface area contributed by atoms with E-state index in [4.69, 9.17) is 17.3 Å². The van der Waals surface area contributed by atoms with Crippen LogP contribution in [0.1, 0.15) is 38.2 Å². The molecule has 1 saturated carbocycles. The van der Waals surface area contributed by atoms with Crippen LogP contribution in [0, 0.1) is 5.92 Å². The average molecular weight is 281 g/mol. The zero-order chi connectivity index (χ0) is 13.8. The van der Waals surface area contributed by atoms with Crippen LogP contribution in [0.15, 0.2) is 18.2 Å². The van der Waals surface area contributed by atoms with E-state index in [9.17, 15) is 0 Å². The van der Waals surface area contributed by atoms with E-state index in [1.54, 1.807) is 0 Å². The van der Waals surface area contributed by atoms with Gasteiger partial charge in [0, 0.05) is 23.8 Å². The number of rotatable bonds is 4. The zero-order valence-electron chi connectivity index (χ0n) is 12.0. The van der Waals surface area contributed by atoms with Crippen molar-refractivity contribution in [1.29, 1.82) is 0 Å². The van der Waals surface area contributed by atoms with Crippen molar-refractivity contribution < 1.29 is 0 Å². The van der Waals surface area contributed by atoms with E-state index in [2.05, 4.69) is 31.0 Å². The minimum Gasteiger partial charge on any atom is -0.371 e. The third-order valence-corrected chi connectivity index (χ3v) is 4.53. The average Bonchev–Trinajstić information content (AvgIpc) is 2.40. The lowest BCUT2D eigenvalue weighted by Gasteiger charge is -2.36. The van der Waals surface area contributed by atoms with Crippen LogP contribution < -0.4 is 10.6 Å². The summed E-state index contributed by atoms with van der Waals surface area (Å²) in [5.74, 6) is 0.832. The molecule has 1 aliphatic carbocycles. The minimum atomic E-state index is 0.638. The first-order chi connectivity index (χ1) is 9.11. The van der Waals surface area contributed by atoms with Crippen LogP contribution in [0.4, 0.5) is 5.69 Å². The molecule has 2 nitrogen and oxygen atoms in total. The van der Waals surface area contributed by atoms with Gasteiger partial charge in [-0.25, -0.2) is 0 Å². The van der Waals surface area contributed by atoms with Crippen LogP contribution in [-0.4, -0.2) is 19.6 Å². The highest BCUT2D eigenvalue weighted by molar-refractivity contribution is 6.30. The third-order valence-electron chi connectivity index (χ3n) is 4.30. The highest BCUT2D eigenvalue weighted by Gasteiger charge is 2.23. The Morgan fingerprint density at radius 3 is 2.84 bits per heavy atom. The van der Waals surface area contributed by atoms with Gasteiger partial charge in [-0.3, -0.25) is 0 Å². The Bertz CT molecular complexity index is 419. The van der Waals surface area contributed by atoms with Crippen molar-refractivity contribution >= 4 is 17.3 Å². The molecule has 19 heavy (non-hydrogen) atoms. The number of nitrogens with two attached hydrogens (primary N) is 1. The van der Waals surface area contributed by atoms with Crippen molar-refractivity contribution in [3.05, 3.63) is 28.8 Å². The van der Waals surface area contributed by atoms with E-state index in [1.807, 2.05) is 6.07 Å². The molecule has 1 aliphatic rings. The molecule has 1 fully saturated rings. The maximum Gasteiger partial charge on any atom is 0.0426 e. The molecule has 1 aromatic rings. The van der Waals surface area contributed by atoms with Crippen molar-refractivity contribution in [3.8, 4) is 0 Å². The number of hydrogen-bond donors (Lipinski definition) is 1. The van der Waals surface area contributed by atoms with Gasteiger partial charge in [0.1, 0.15) is 0 Å². The van der Waals surface area contributed by atoms with Crippen molar-refractivity contribution in [3.63, 3.8) is 0 Å². The molecule has 1 aromatic carbocycles. The number of anilines is 1. The zero-order valence-corrected chi connectivity index (χ0v) is 12.8. The van der Waals surface area contributed by atoms with Crippen molar-refractivity contribution in [2.24, 2.45) is 11.7 Å². The summed E-state index contributed by atoms with van der Waals surface area (Å²) in [5, 5.41) is 0.812. The van der Waals surface area contributed by atoms with Crippen LogP contribution >= 0.6 is 11.6 Å². The summed E-state index contributed by atoms with van der Waals surface area (Å²) in [6, 6.07) is 6.81. The van der Waals surface area contributed by atoms with Crippen LogP contribution in [0.25, 0.3) is 0 Å². The van der Waals surface area contributed by atoms with Crippen LogP contribution in [-0.2, 0) is 6.42 Å². The van der Waals surface area contributed by atoms with Gasteiger partial charge in [-0.1, -0.05) is 37.4 Å². The van der Waals surface area contributed by atoms with Gasteiger partial charge in [-0.2, -0.15) is 0 Å². The largest absolute Gasteiger partial charge is 0.371 e. The molecular formula is C16H25ClN2. The molecule has 0 radical (unpaired) electrons. The van der Waals surface area contributed by atoms with Gasteiger partial charge in [0.05, 0.1) is 0 Å². The van der Waals surface area contributed by atoms with Gasteiger partial charge < -0.3 is 10.6 Å². The lowest BCUT2D eigenvalue weighted by atomic mass is 9.86. The summed E-state index contributed by atoms with van der Waals surface area (Å²) in [6.07, 6.45) is 6.19. The van der Waals surface area contributed by atoms with E-state index in [-0.39, 0.29) is 0 Å². The summed E-state index contributed by atoms with van der Waals surface area (Å²) in [5.41, 5.74) is 8.29. The smallest absolute Gasteiger partial charge is 0.0426 e. The number of benzene rings is 1. The monoisotopic (exact) mass is 280 g/mol. The predicted molar refractivity (Wildman–Crippen MR) is 84.0 cm³/mol.